The first kappa shape index (κ1) is 11.5. The molecule has 0 spiro atoms. The van der Waals surface area contributed by atoms with Crippen LogP contribution in [0, 0.1) is 6.92 Å². The van der Waals surface area contributed by atoms with Crippen LogP contribution in [0.1, 0.15) is 18.1 Å². The molecule has 0 fully saturated rings. The number of ether oxygens (including phenoxy) is 1. The van der Waals surface area contributed by atoms with Gasteiger partial charge in [-0.05, 0) is 12.5 Å². The van der Waals surface area contributed by atoms with Gasteiger partial charge in [-0.3, -0.25) is 4.79 Å². The summed E-state index contributed by atoms with van der Waals surface area (Å²) in [7, 11) is 0. The molecule has 0 radical (unpaired) electrons. The van der Waals surface area contributed by atoms with Crippen LogP contribution < -0.4 is 4.74 Å². The zero-order chi connectivity index (χ0) is 11.3. The van der Waals surface area contributed by atoms with E-state index in [1.54, 1.807) is 12.2 Å². The summed E-state index contributed by atoms with van der Waals surface area (Å²) in [6.07, 6.45) is 3.33. The van der Waals surface area contributed by atoms with E-state index in [9.17, 15) is 4.79 Å². The lowest BCUT2D eigenvalue weighted by atomic mass is 10.1. The predicted molar refractivity (Wildman–Crippen MR) is 58.6 cm³/mol. The Morgan fingerprint density at radius 1 is 1.53 bits per heavy atom. The van der Waals surface area contributed by atoms with Gasteiger partial charge < -0.3 is 9.84 Å². The largest absolute Gasteiger partial charge is 0.426 e. The van der Waals surface area contributed by atoms with Crippen LogP contribution in [0.15, 0.2) is 24.3 Å². The minimum atomic E-state index is -0.344. The van der Waals surface area contributed by atoms with Crippen molar-refractivity contribution in [3.8, 4) is 5.75 Å². The number of rotatable bonds is 3. The van der Waals surface area contributed by atoms with E-state index in [1.807, 2.05) is 25.1 Å². The molecule has 0 amide bonds. The van der Waals surface area contributed by atoms with Gasteiger partial charge in [-0.1, -0.05) is 30.4 Å². The molecule has 0 atom stereocenters. The second-order valence-corrected chi connectivity index (χ2v) is 3.17. The Morgan fingerprint density at radius 2 is 2.27 bits per heavy atom. The zero-order valence-electron chi connectivity index (χ0n) is 8.86. The van der Waals surface area contributed by atoms with E-state index in [-0.39, 0.29) is 12.6 Å². The van der Waals surface area contributed by atoms with Gasteiger partial charge in [-0.25, -0.2) is 0 Å². The van der Waals surface area contributed by atoms with Crippen LogP contribution in [0.25, 0.3) is 6.08 Å². The summed E-state index contributed by atoms with van der Waals surface area (Å²) >= 11 is 0. The molecule has 3 nitrogen and oxygen atoms in total. The normalized spacial score (nSPS) is 10.6. The minimum Gasteiger partial charge on any atom is -0.426 e. The predicted octanol–water partition coefficient (Wildman–Crippen LogP) is 1.93. The van der Waals surface area contributed by atoms with Crippen LogP contribution in [0.2, 0.25) is 0 Å². The maximum Gasteiger partial charge on any atom is 0.308 e. The number of hydrogen-bond donors (Lipinski definition) is 1. The number of aliphatic hydroxyl groups excluding tert-OH is 1. The topological polar surface area (TPSA) is 46.5 Å². The molecule has 0 aliphatic heterocycles. The van der Waals surface area contributed by atoms with Crippen molar-refractivity contribution in [2.75, 3.05) is 6.61 Å². The van der Waals surface area contributed by atoms with E-state index in [0.717, 1.165) is 11.1 Å². The van der Waals surface area contributed by atoms with E-state index < -0.39 is 0 Å². The molecule has 0 saturated carbocycles. The van der Waals surface area contributed by atoms with Crippen molar-refractivity contribution in [3.05, 3.63) is 35.4 Å². The van der Waals surface area contributed by atoms with Gasteiger partial charge in [0.05, 0.1) is 6.61 Å². The maximum atomic E-state index is 10.9. The van der Waals surface area contributed by atoms with Gasteiger partial charge in [0.1, 0.15) is 5.75 Å². The zero-order valence-corrected chi connectivity index (χ0v) is 8.86. The Morgan fingerprint density at radius 3 is 2.87 bits per heavy atom. The molecule has 0 aromatic heterocycles. The van der Waals surface area contributed by atoms with Gasteiger partial charge in [0, 0.05) is 12.5 Å². The van der Waals surface area contributed by atoms with Crippen molar-refractivity contribution in [2.45, 2.75) is 13.8 Å². The summed E-state index contributed by atoms with van der Waals surface area (Å²) in [5, 5.41) is 8.68. The molecule has 15 heavy (non-hydrogen) atoms. The first-order chi connectivity index (χ1) is 7.15. The number of carbonyl (C=O) groups is 1. The molecule has 1 aromatic carbocycles. The molecule has 1 rings (SSSR count). The summed E-state index contributed by atoms with van der Waals surface area (Å²) < 4.78 is 5.10. The number of aliphatic hydroxyl groups is 1. The number of hydrogen-bond acceptors (Lipinski definition) is 3. The Hall–Kier alpha value is -1.61. The third-order valence-electron chi connectivity index (χ3n) is 1.89. The Kier molecular flexibility index (Phi) is 4.06. The molecule has 0 heterocycles. The molecular weight excluding hydrogens is 192 g/mol. The molecule has 80 valence electrons. The first-order valence-electron chi connectivity index (χ1n) is 4.70. The lowest BCUT2D eigenvalue weighted by Crippen LogP contribution is -2.04. The van der Waals surface area contributed by atoms with E-state index in [0.29, 0.717) is 5.75 Å². The van der Waals surface area contributed by atoms with Gasteiger partial charge in [0.25, 0.3) is 0 Å². The van der Waals surface area contributed by atoms with Crippen LogP contribution in [-0.4, -0.2) is 17.7 Å². The number of carbonyl (C=O) groups excluding carboxylic acids is 1. The molecule has 0 unspecified atom stereocenters. The Balaban J connectivity index is 3.08. The molecule has 1 N–H and O–H groups in total. The fourth-order valence-corrected chi connectivity index (χ4v) is 1.27. The van der Waals surface area contributed by atoms with Crippen molar-refractivity contribution >= 4 is 12.0 Å². The lowest BCUT2D eigenvalue weighted by molar-refractivity contribution is -0.131. The number of esters is 1. The highest BCUT2D eigenvalue weighted by molar-refractivity contribution is 5.72. The van der Waals surface area contributed by atoms with E-state index in [4.69, 9.17) is 9.84 Å². The Labute approximate surface area is 89.0 Å². The molecule has 0 aliphatic rings. The SMILES string of the molecule is CC(=O)Oc1c(C)cccc1/C=C\CO. The second kappa shape index (κ2) is 5.32. The Bertz CT molecular complexity index is 380. The van der Waals surface area contributed by atoms with Crippen molar-refractivity contribution in [1.29, 1.82) is 0 Å². The van der Waals surface area contributed by atoms with Gasteiger partial charge in [-0.2, -0.15) is 0 Å². The summed E-state index contributed by atoms with van der Waals surface area (Å²) in [6.45, 7) is 3.20. The molecular formula is C12H14O3. The molecule has 1 aromatic rings. The summed E-state index contributed by atoms with van der Waals surface area (Å²) in [5.41, 5.74) is 1.68. The minimum absolute atomic E-state index is 0.0343. The van der Waals surface area contributed by atoms with Gasteiger partial charge in [-0.15, -0.1) is 0 Å². The molecule has 0 saturated heterocycles. The highest BCUT2D eigenvalue weighted by Crippen LogP contribution is 2.24. The van der Waals surface area contributed by atoms with Crippen molar-refractivity contribution in [1.82, 2.24) is 0 Å². The van der Waals surface area contributed by atoms with Crippen LogP contribution in [0.3, 0.4) is 0 Å². The first-order valence-corrected chi connectivity index (χ1v) is 4.70. The number of para-hydroxylation sites is 1. The van der Waals surface area contributed by atoms with Gasteiger partial charge in [0.2, 0.25) is 0 Å². The quantitative estimate of drug-likeness (QED) is 0.607. The molecule has 0 bridgehead atoms. The highest BCUT2D eigenvalue weighted by atomic mass is 16.5. The number of benzene rings is 1. The van der Waals surface area contributed by atoms with Crippen molar-refractivity contribution < 1.29 is 14.6 Å². The van der Waals surface area contributed by atoms with Crippen molar-refractivity contribution in [3.63, 3.8) is 0 Å². The summed E-state index contributed by atoms with van der Waals surface area (Å²) in [6, 6.07) is 5.57. The molecule has 0 aliphatic carbocycles. The standard InChI is InChI=1S/C12H14O3/c1-9-5-3-6-11(7-4-8-13)12(9)15-10(2)14/h3-7,13H,8H2,1-2H3/b7-4-. The average Bonchev–Trinajstić information content (AvgIpc) is 2.18. The fraction of sp³-hybridized carbons (Fsp3) is 0.250. The van der Waals surface area contributed by atoms with E-state index in [2.05, 4.69) is 0 Å². The second-order valence-electron chi connectivity index (χ2n) is 3.17. The van der Waals surface area contributed by atoms with Crippen molar-refractivity contribution in [2.24, 2.45) is 0 Å². The maximum absolute atomic E-state index is 10.9. The number of aryl methyl sites for hydroxylation is 1. The van der Waals surface area contributed by atoms with Crippen LogP contribution in [-0.2, 0) is 4.79 Å². The third kappa shape index (κ3) is 3.22. The van der Waals surface area contributed by atoms with Crippen LogP contribution in [0.5, 0.6) is 5.75 Å². The van der Waals surface area contributed by atoms with E-state index >= 15 is 0 Å². The monoisotopic (exact) mass is 206 g/mol. The average molecular weight is 206 g/mol. The van der Waals surface area contributed by atoms with Gasteiger partial charge in [0.15, 0.2) is 0 Å². The summed E-state index contributed by atoms with van der Waals surface area (Å²) in [5.74, 6) is 0.206. The van der Waals surface area contributed by atoms with E-state index in [1.165, 1.54) is 6.92 Å². The van der Waals surface area contributed by atoms with Crippen LogP contribution in [0.4, 0.5) is 0 Å². The lowest BCUT2D eigenvalue weighted by Gasteiger charge is -2.08. The van der Waals surface area contributed by atoms with Gasteiger partial charge >= 0.3 is 5.97 Å². The fourth-order valence-electron chi connectivity index (χ4n) is 1.27. The summed E-state index contributed by atoms with van der Waals surface area (Å²) in [4.78, 5) is 10.9. The smallest absolute Gasteiger partial charge is 0.308 e. The van der Waals surface area contributed by atoms with Crippen LogP contribution >= 0.6 is 0 Å². The molecule has 3 heteroatoms. The highest BCUT2D eigenvalue weighted by Gasteiger charge is 2.06. The third-order valence-corrected chi connectivity index (χ3v) is 1.89.